The van der Waals surface area contributed by atoms with Gasteiger partial charge in [-0.3, -0.25) is 4.79 Å². The largest absolute Gasteiger partial charge is 0.492 e. The van der Waals surface area contributed by atoms with Gasteiger partial charge in [0.15, 0.2) is 16.7 Å². The molecule has 0 radical (unpaired) electrons. The highest BCUT2D eigenvalue weighted by molar-refractivity contribution is 7.99. The van der Waals surface area contributed by atoms with E-state index in [1.807, 2.05) is 31.2 Å². The number of hydrogen-bond donors (Lipinski definition) is 2. The van der Waals surface area contributed by atoms with Crippen LogP contribution in [0.5, 0.6) is 11.5 Å². The summed E-state index contributed by atoms with van der Waals surface area (Å²) in [5.41, 5.74) is 5.39. The molecule has 3 aromatic rings. The Morgan fingerprint density at radius 1 is 1.34 bits per heavy atom. The first-order chi connectivity index (χ1) is 14.0. The Morgan fingerprint density at radius 3 is 2.90 bits per heavy atom. The van der Waals surface area contributed by atoms with Crippen LogP contribution in [0.15, 0.2) is 46.7 Å². The van der Waals surface area contributed by atoms with Gasteiger partial charge in [0.05, 0.1) is 31.0 Å². The smallest absolute Gasteiger partial charge is 0.271 e. The van der Waals surface area contributed by atoms with Crippen LogP contribution in [0.25, 0.3) is 11.0 Å². The zero-order valence-electron chi connectivity index (χ0n) is 16.9. The topological polar surface area (TPSA) is 88.6 Å². The number of hydrogen-bond acceptors (Lipinski definition) is 6. The van der Waals surface area contributed by atoms with Crippen LogP contribution in [0.3, 0.4) is 0 Å². The average Bonchev–Trinajstić information content (AvgIpc) is 3.09. The molecule has 1 heterocycles. The number of nitrogens with zero attached hydrogens (tertiary/aromatic N) is 2. The normalized spacial score (nSPS) is 11.3. The van der Waals surface area contributed by atoms with Crippen molar-refractivity contribution in [3.8, 4) is 11.5 Å². The standard InChI is InChI=1S/C21H24N4O3S/c1-5-28-18-8-6-7-15(19(18)27-4)12-22-25-20(26)14-9-10-16-17(11-14)24-21(23-16)29-13(2)3/h6-13H,5H2,1-4H3,(H,23,24)(H,25,26)/b22-12-. The van der Waals surface area contributed by atoms with E-state index in [1.165, 1.54) is 6.21 Å². The Labute approximate surface area is 173 Å². The maximum atomic E-state index is 12.5. The molecule has 152 valence electrons. The van der Waals surface area contributed by atoms with Crippen LogP contribution in [-0.2, 0) is 0 Å². The van der Waals surface area contributed by atoms with Gasteiger partial charge in [-0.2, -0.15) is 5.10 Å². The van der Waals surface area contributed by atoms with E-state index in [1.54, 1.807) is 31.0 Å². The molecule has 1 aromatic heterocycles. The number of nitrogens with one attached hydrogen (secondary N) is 2. The van der Waals surface area contributed by atoms with Crippen molar-refractivity contribution in [2.24, 2.45) is 5.10 Å². The monoisotopic (exact) mass is 412 g/mol. The van der Waals surface area contributed by atoms with Crippen molar-refractivity contribution in [2.45, 2.75) is 31.2 Å². The number of imidazole rings is 1. The predicted octanol–water partition coefficient (Wildman–Crippen LogP) is 4.23. The van der Waals surface area contributed by atoms with E-state index in [2.05, 4.69) is 34.3 Å². The highest BCUT2D eigenvalue weighted by Crippen LogP contribution is 2.30. The summed E-state index contributed by atoms with van der Waals surface area (Å²) < 4.78 is 11.0. The summed E-state index contributed by atoms with van der Waals surface area (Å²) in [4.78, 5) is 20.2. The zero-order chi connectivity index (χ0) is 20.8. The fourth-order valence-corrected chi connectivity index (χ4v) is 3.52. The van der Waals surface area contributed by atoms with Crippen LogP contribution in [0.2, 0.25) is 0 Å². The van der Waals surface area contributed by atoms with Crippen LogP contribution >= 0.6 is 11.8 Å². The lowest BCUT2D eigenvalue weighted by molar-refractivity contribution is 0.0955. The van der Waals surface area contributed by atoms with Gasteiger partial charge < -0.3 is 14.5 Å². The Morgan fingerprint density at radius 2 is 2.17 bits per heavy atom. The minimum absolute atomic E-state index is 0.309. The molecular weight excluding hydrogens is 388 g/mol. The van der Waals surface area contributed by atoms with Crippen molar-refractivity contribution in [1.29, 1.82) is 0 Å². The van der Waals surface area contributed by atoms with E-state index in [4.69, 9.17) is 9.47 Å². The van der Waals surface area contributed by atoms with E-state index in [9.17, 15) is 4.79 Å². The Kier molecular flexibility index (Phi) is 6.77. The maximum absolute atomic E-state index is 12.5. The molecule has 8 heteroatoms. The molecule has 0 bridgehead atoms. The van der Waals surface area contributed by atoms with E-state index >= 15 is 0 Å². The van der Waals surface area contributed by atoms with Crippen LogP contribution in [0.4, 0.5) is 0 Å². The minimum Gasteiger partial charge on any atom is -0.492 e. The fourth-order valence-electron chi connectivity index (χ4n) is 2.75. The fraction of sp³-hybridized carbons (Fsp3) is 0.286. The second-order valence-electron chi connectivity index (χ2n) is 6.45. The number of hydrazone groups is 1. The van der Waals surface area contributed by atoms with Crippen LogP contribution < -0.4 is 14.9 Å². The van der Waals surface area contributed by atoms with Crippen molar-refractivity contribution in [3.63, 3.8) is 0 Å². The van der Waals surface area contributed by atoms with E-state index in [0.717, 1.165) is 16.2 Å². The molecule has 0 saturated carbocycles. The lowest BCUT2D eigenvalue weighted by atomic mass is 10.2. The first kappa shape index (κ1) is 20.7. The number of ether oxygens (including phenoxy) is 2. The number of thioether (sulfide) groups is 1. The number of carbonyl (C=O) groups excluding carboxylic acids is 1. The second-order valence-corrected chi connectivity index (χ2v) is 8.02. The molecule has 0 aliphatic heterocycles. The number of aromatic amines is 1. The summed E-state index contributed by atoms with van der Waals surface area (Å²) >= 11 is 1.65. The maximum Gasteiger partial charge on any atom is 0.271 e. The molecule has 2 aromatic carbocycles. The third-order valence-electron chi connectivity index (χ3n) is 3.95. The molecule has 0 fully saturated rings. The highest BCUT2D eigenvalue weighted by atomic mass is 32.2. The first-order valence-electron chi connectivity index (χ1n) is 9.31. The summed E-state index contributed by atoms with van der Waals surface area (Å²) in [7, 11) is 1.57. The number of carbonyl (C=O) groups is 1. The van der Waals surface area contributed by atoms with Crippen molar-refractivity contribution in [2.75, 3.05) is 13.7 Å². The lowest BCUT2D eigenvalue weighted by Gasteiger charge is -2.11. The highest BCUT2D eigenvalue weighted by Gasteiger charge is 2.11. The molecule has 3 rings (SSSR count). The number of methoxy groups -OCH3 is 1. The molecule has 7 nitrogen and oxygen atoms in total. The molecule has 1 amide bonds. The summed E-state index contributed by atoms with van der Waals surface area (Å²) in [5.74, 6) is 0.891. The SMILES string of the molecule is CCOc1cccc(/C=N\NC(=O)c2ccc3nc(SC(C)C)[nH]c3c2)c1OC. The molecule has 0 unspecified atom stereocenters. The zero-order valence-corrected chi connectivity index (χ0v) is 17.7. The Bertz CT molecular complexity index is 1030. The molecule has 0 saturated heterocycles. The number of para-hydroxylation sites is 1. The van der Waals surface area contributed by atoms with Crippen molar-refractivity contribution >= 4 is 34.9 Å². The van der Waals surface area contributed by atoms with Gasteiger partial charge in [0, 0.05) is 16.4 Å². The molecule has 29 heavy (non-hydrogen) atoms. The van der Waals surface area contributed by atoms with E-state index in [-0.39, 0.29) is 5.91 Å². The molecular formula is C21H24N4O3S. The number of amides is 1. The third kappa shape index (κ3) is 5.08. The van der Waals surface area contributed by atoms with Crippen molar-refractivity contribution in [1.82, 2.24) is 15.4 Å². The molecule has 0 aliphatic carbocycles. The lowest BCUT2D eigenvalue weighted by Crippen LogP contribution is -2.17. The summed E-state index contributed by atoms with van der Waals surface area (Å²) in [5, 5.41) is 5.32. The summed E-state index contributed by atoms with van der Waals surface area (Å²) in [6.45, 7) is 6.64. The van der Waals surface area contributed by atoms with Gasteiger partial charge in [-0.1, -0.05) is 31.7 Å². The van der Waals surface area contributed by atoms with Gasteiger partial charge in [0.25, 0.3) is 5.91 Å². The van der Waals surface area contributed by atoms with E-state index in [0.29, 0.717) is 34.5 Å². The predicted molar refractivity (Wildman–Crippen MR) is 116 cm³/mol. The second kappa shape index (κ2) is 9.47. The number of benzene rings is 2. The van der Waals surface area contributed by atoms with Crippen molar-refractivity contribution in [3.05, 3.63) is 47.5 Å². The molecule has 0 spiro atoms. The van der Waals surface area contributed by atoms with Gasteiger partial charge in [-0.25, -0.2) is 10.4 Å². The minimum atomic E-state index is -0.309. The number of fused-ring (bicyclic) bond motifs is 1. The molecule has 2 N–H and O–H groups in total. The number of aromatic nitrogens is 2. The molecule has 0 aliphatic rings. The van der Waals surface area contributed by atoms with Crippen LogP contribution in [0, 0.1) is 0 Å². The average molecular weight is 413 g/mol. The van der Waals surface area contributed by atoms with Gasteiger partial charge in [0.1, 0.15) is 0 Å². The summed E-state index contributed by atoms with van der Waals surface area (Å²) in [6.07, 6.45) is 1.53. The van der Waals surface area contributed by atoms with Crippen molar-refractivity contribution < 1.29 is 14.3 Å². The van der Waals surface area contributed by atoms with Gasteiger partial charge >= 0.3 is 0 Å². The van der Waals surface area contributed by atoms with Crippen LogP contribution in [-0.4, -0.2) is 41.1 Å². The Hall–Kier alpha value is -3.00. The van der Waals surface area contributed by atoms with Gasteiger partial charge in [0.2, 0.25) is 0 Å². The Balaban J connectivity index is 1.73. The third-order valence-corrected chi connectivity index (χ3v) is 4.84. The van der Waals surface area contributed by atoms with Gasteiger partial charge in [-0.05, 0) is 37.3 Å². The quantitative estimate of drug-likeness (QED) is 0.328. The van der Waals surface area contributed by atoms with E-state index < -0.39 is 0 Å². The molecule has 0 atom stereocenters. The first-order valence-corrected chi connectivity index (χ1v) is 10.2. The number of rotatable bonds is 8. The van der Waals surface area contributed by atoms with Crippen LogP contribution in [0.1, 0.15) is 36.7 Å². The number of H-pyrrole nitrogens is 1. The van der Waals surface area contributed by atoms with Gasteiger partial charge in [-0.15, -0.1) is 0 Å². The summed E-state index contributed by atoms with van der Waals surface area (Å²) in [6, 6.07) is 10.8.